The highest BCUT2D eigenvalue weighted by Gasteiger charge is 2.23. The van der Waals surface area contributed by atoms with Gasteiger partial charge >= 0.3 is 0 Å². The number of carbonyl (C=O) groups excluding carboxylic acids is 1. The van der Waals surface area contributed by atoms with Gasteiger partial charge in [-0.25, -0.2) is 0 Å². The van der Waals surface area contributed by atoms with E-state index in [0.29, 0.717) is 23.8 Å². The molecule has 0 unspecified atom stereocenters. The van der Waals surface area contributed by atoms with E-state index in [0.717, 1.165) is 17.7 Å². The fraction of sp³-hybridized carbons (Fsp3) is 0.250. The number of fused-ring (bicyclic) bond motifs is 1. The van der Waals surface area contributed by atoms with Gasteiger partial charge in [0.05, 0.1) is 7.11 Å². The minimum absolute atomic E-state index is 0.0843. The maximum atomic E-state index is 12.5. The van der Waals surface area contributed by atoms with Gasteiger partial charge in [0.2, 0.25) is 0 Å². The Kier molecular flexibility index (Phi) is 3.80. The maximum absolute atomic E-state index is 12.5. The van der Waals surface area contributed by atoms with Crippen LogP contribution in [0.15, 0.2) is 36.5 Å². The van der Waals surface area contributed by atoms with E-state index in [1.54, 1.807) is 30.3 Å². The van der Waals surface area contributed by atoms with Crippen molar-refractivity contribution in [2.45, 2.75) is 13.0 Å². The molecule has 1 aliphatic heterocycles. The fourth-order valence-corrected chi connectivity index (χ4v) is 2.67. The summed E-state index contributed by atoms with van der Waals surface area (Å²) in [5.74, 6) is 0.768. The molecule has 0 spiro atoms. The molecule has 0 atom stereocenters. The van der Waals surface area contributed by atoms with Crippen molar-refractivity contribution < 1.29 is 9.53 Å². The fourth-order valence-electron chi connectivity index (χ4n) is 2.51. The van der Waals surface area contributed by atoms with E-state index in [1.807, 2.05) is 18.2 Å². The zero-order valence-corrected chi connectivity index (χ0v) is 12.4. The number of amides is 1. The molecule has 0 radical (unpaired) electrons. The molecule has 3 rings (SSSR count). The topological polar surface area (TPSA) is 42.4 Å². The van der Waals surface area contributed by atoms with Gasteiger partial charge in [-0.3, -0.25) is 9.78 Å². The summed E-state index contributed by atoms with van der Waals surface area (Å²) in [4.78, 5) is 18.4. The Morgan fingerprint density at radius 1 is 1.29 bits per heavy atom. The highest BCUT2D eigenvalue weighted by molar-refractivity contribution is 6.30. The number of hydrogen-bond acceptors (Lipinski definition) is 3. The minimum Gasteiger partial charge on any atom is -0.497 e. The molecule has 0 fully saturated rings. The Morgan fingerprint density at radius 2 is 2.14 bits per heavy atom. The number of aromatic nitrogens is 1. The lowest BCUT2D eigenvalue weighted by Crippen LogP contribution is -2.36. The number of benzene rings is 1. The predicted octanol–water partition coefficient (Wildman–Crippen LogP) is 2.94. The van der Waals surface area contributed by atoms with Gasteiger partial charge < -0.3 is 9.64 Å². The van der Waals surface area contributed by atoms with E-state index in [1.165, 1.54) is 5.56 Å². The molecule has 5 heteroatoms. The van der Waals surface area contributed by atoms with Crippen molar-refractivity contribution in [1.29, 1.82) is 0 Å². The second kappa shape index (κ2) is 5.74. The van der Waals surface area contributed by atoms with Crippen molar-refractivity contribution >= 4 is 17.5 Å². The van der Waals surface area contributed by atoms with Crippen LogP contribution in [0.2, 0.25) is 5.02 Å². The first-order chi connectivity index (χ1) is 10.2. The van der Waals surface area contributed by atoms with E-state index in [2.05, 4.69) is 4.98 Å². The van der Waals surface area contributed by atoms with Gasteiger partial charge in [-0.1, -0.05) is 17.7 Å². The van der Waals surface area contributed by atoms with E-state index < -0.39 is 0 Å². The summed E-state index contributed by atoms with van der Waals surface area (Å²) in [7, 11) is 1.66. The van der Waals surface area contributed by atoms with E-state index >= 15 is 0 Å². The van der Waals surface area contributed by atoms with E-state index in [4.69, 9.17) is 16.3 Å². The first-order valence-corrected chi connectivity index (χ1v) is 7.12. The van der Waals surface area contributed by atoms with Crippen LogP contribution in [0.25, 0.3) is 0 Å². The molecule has 4 nitrogen and oxygen atoms in total. The molecule has 0 aliphatic carbocycles. The van der Waals surface area contributed by atoms with Crippen LogP contribution >= 0.6 is 11.6 Å². The first-order valence-electron chi connectivity index (χ1n) is 6.74. The molecule has 0 N–H and O–H groups in total. The van der Waals surface area contributed by atoms with E-state index in [-0.39, 0.29) is 5.91 Å². The smallest absolute Gasteiger partial charge is 0.272 e. The molecular weight excluding hydrogens is 288 g/mol. The van der Waals surface area contributed by atoms with Crippen LogP contribution in [-0.4, -0.2) is 29.4 Å². The Bertz CT molecular complexity index is 688. The lowest BCUT2D eigenvalue weighted by atomic mass is 9.99. The van der Waals surface area contributed by atoms with Crippen LogP contribution in [-0.2, 0) is 13.0 Å². The average molecular weight is 303 g/mol. The number of carbonyl (C=O) groups is 1. The third kappa shape index (κ3) is 2.85. The molecule has 21 heavy (non-hydrogen) atoms. The Balaban J connectivity index is 1.81. The second-order valence-electron chi connectivity index (χ2n) is 4.97. The minimum atomic E-state index is -0.0843. The maximum Gasteiger partial charge on any atom is 0.272 e. The summed E-state index contributed by atoms with van der Waals surface area (Å²) >= 11 is 5.92. The zero-order chi connectivity index (χ0) is 14.8. The molecule has 2 heterocycles. The molecule has 0 saturated heterocycles. The number of hydrogen-bond donors (Lipinski definition) is 0. The van der Waals surface area contributed by atoms with Crippen molar-refractivity contribution in [3.8, 4) is 5.75 Å². The van der Waals surface area contributed by atoms with Gasteiger partial charge in [-0.05, 0) is 41.8 Å². The summed E-state index contributed by atoms with van der Waals surface area (Å²) in [6, 6.07) is 9.24. The molecule has 2 aromatic rings. The lowest BCUT2D eigenvalue weighted by Gasteiger charge is -2.28. The number of nitrogens with zero attached hydrogens (tertiary/aromatic N) is 2. The number of methoxy groups -OCH3 is 1. The normalized spacial score (nSPS) is 13.7. The van der Waals surface area contributed by atoms with Crippen LogP contribution in [0.3, 0.4) is 0 Å². The average Bonchev–Trinajstić information content (AvgIpc) is 2.53. The van der Waals surface area contributed by atoms with Crippen molar-refractivity contribution in [3.05, 3.63) is 58.4 Å². The summed E-state index contributed by atoms with van der Waals surface area (Å²) in [5.41, 5.74) is 2.77. The second-order valence-corrected chi connectivity index (χ2v) is 5.41. The SMILES string of the molecule is COc1ccc2c(c1)CCN(C(=O)c1cc(Cl)ccn1)C2. The van der Waals surface area contributed by atoms with Gasteiger partial charge in [0.15, 0.2) is 0 Å². The van der Waals surface area contributed by atoms with Crippen molar-refractivity contribution in [2.24, 2.45) is 0 Å². The van der Waals surface area contributed by atoms with Crippen molar-refractivity contribution in [3.63, 3.8) is 0 Å². The summed E-state index contributed by atoms with van der Waals surface area (Å²) in [5, 5.41) is 0.524. The van der Waals surface area contributed by atoms with Crippen LogP contribution in [0.4, 0.5) is 0 Å². The summed E-state index contributed by atoms with van der Waals surface area (Å²) in [6.45, 7) is 1.26. The lowest BCUT2D eigenvalue weighted by molar-refractivity contribution is 0.0728. The molecule has 1 amide bonds. The molecule has 1 aromatic carbocycles. The number of halogens is 1. The van der Waals surface area contributed by atoms with E-state index in [9.17, 15) is 4.79 Å². The Hall–Kier alpha value is -2.07. The monoisotopic (exact) mass is 302 g/mol. The van der Waals surface area contributed by atoms with Gasteiger partial charge in [-0.2, -0.15) is 0 Å². The molecular formula is C16H15ClN2O2. The molecule has 0 saturated carbocycles. The Labute approximate surface area is 128 Å². The molecule has 0 bridgehead atoms. The predicted molar refractivity (Wildman–Crippen MR) is 80.7 cm³/mol. The van der Waals surface area contributed by atoms with Crippen LogP contribution in [0.5, 0.6) is 5.75 Å². The highest BCUT2D eigenvalue weighted by Crippen LogP contribution is 2.24. The molecule has 1 aromatic heterocycles. The highest BCUT2D eigenvalue weighted by atomic mass is 35.5. The van der Waals surface area contributed by atoms with Gasteiger partial charge in [0.25, 0.3) is 5.91 Å². The molecule has 1 aliphatic rings. The third-order valence-corrected chi connectivity index (χ3v) is 3.89. The van der Waals surface area contributed by atoms with Crippen LogP contribution in [0, 0.1) is 0 Å². The Morgan fingerprint density at radius 3 is 2.90 bits per heavy atom. The van der Waals surface area contributed by atoms with Crippen molar-refractivity contribution in [1.82, 2.24) is 9.88 Å². The van der Waals surface area contributed by atoms with Crippen LogP contribution < -0.4 is 4.74 Å². The van der Waals surface area contributed by atoms with Gasteiger partial charge in [-0.15, -0.1) is 0 Å². The number of ether oxygens (including phenoxy) is 1. The van der Waals surface area contributed by atoms with Crippen LogP contribution in [0.1, 0.15) is 21.6 Å². The largest absolute Gasteiger partial charge is 0.497 e. The quantitative estimate of drug-likeness (QED) is 0.856. The first kappa shape index (κ1) is 13.9. The molecule has 108 valence electrons. The van der Waals surface area contributed by atoms with Crippen molar-refractivity contribution in [2.75, 3.05) is 13.7 Å². The number of rotatable bonds is 2. The zero-order valence-electron chi connectivity index (χ0n) is 11.7. The summed E-state index contributed by atoms with van der Waals surface area (Å²) < 4.78 is 5.23. The van der Waals surface area contributed by atoms with Gasteiger partial charge in [0, 0.05) is 24.3 Å². The number of pyridine rings is 1. The summed E-state index contributed by atoms with van der Waals surface area (Å²) in [6.07, 6.45) is 2.37. The van der Waals surface area contributed by atoms with Gasteiger partial charge in [0.1, 0.15) is 11.4 Å². The standard InChI is InChI=1S/C16H15ClN2O2/c1-21-14-3-2-12-10-19(7-5-11(12)8-14)16(20)15-9-13(17)4-6-18-15/h2-4,6,8-9H,5,7,10H2,1H3. The third-order valence-electron chi connectivity index (χ3n) is 3.65.